The van der Waals surface area contributed by atoms with Gasteiger partial charge >= 0.3 is 0 Å². The molecule has 18 heavy (non-hydrogen) atoms. The van der Waals surface area contributed by atoms with Crippen LogP contribution in [-0.4, -0.2) is 54.9 Å². The van der Waals surface area contributed by atoms with Crippen LogP contribution in [0, 0.1) is 5.92 Å². The van der Waals surface area contributed by atoms with Gasteiger partial charge in [-0.1, -0.05) is 0 Å². The number of aromatic amines is 1. The van der Waals surface area contributed by atoms with Crippen LogP contribution in [0.15, 0.2) is 17.3 Å². The first-order valence-electron chi connectivity index (χ1n) is 6.27. The molecular weight excluding hydrogens is 230 g/mol. The fraction of sp³-hybridized carbons (Fsp3) is 0.667. The fourth-order valence-corrected chi connectivity index (χ4v) is 2.14. The molecule has 100 valence electrons. The Balaban J connectivity index is 1.80. The summed E-state index contributed by atoms with van der Waals surface area (Å²) in [5, 5.41) is 10.2. The zero-order chi connectivity index (χ0) is 12.8. The van der Waals surface area contributed by atoms with Crippen LogP contribution >= 0.6 is 0 Å². The van der Waals surface area contributed by atoms with Gasteiger partial charge in [-0.25, -0.2) is 0 Å². The summed E-state index contributed by atoms with van der Waals surface area (Å²) in [5.74, 6) is 1.51. The molecule has 0 spiro atoms. The molecule has 1 unspecified atom stereocenters. The van der Waals surface area contributed by atoms with Gasteiger partial charge in [-0.15, -0.1) is 0 Å². The van der Waals surface area contributed by atoms with E-state index in [9.17, 15) is 0 Å². The Morgan fingerprint density at radius 3 is 3.22 bits per heavy atom. The molecule has 1 aliphatic heterocycles. The normalized spacial score (nSPS) is 20.1. The Bertz CT molecular complexity index is 370. The highest BCUT2D eigenvalue weighted by atomic mass is 16.5. The van der Waals surface area contributed by atoms with Crippen LogP contribution in [0.5, 0.6) is 0 Å². The largest absolute Gasteiger partial charge is 0.381 e. The lowest BCUT2D eigenvalue weighted by Gasteiger charge is -2.24. The van der Waals surface area contributed by atoms with Crippen molar-refractivity contribution in [2.45, 2.75) is 13.0 Å². The first kappa shape index (κ1) is 12.9. The molecule has 1 aromatic rings. The maximum atomic E-state index is 5.39. The summed E-state index contributed by atoms with van der Waals surface area (Å²) in [6, 6.07) is 1.95. The van der Waals surface area contributed by atoms with Crippen molar-refractivity contribution in [1.29, 1.82) is 0 Å². The van der Waals surface area contributed by atoms with E-state index in [0.717, 1.165) is 37.8 Å². The average molecular weight is 251 g/mol. The van der Waals surface area contributed by atoms with Gasteiger partial charge in [0.15, 0.2) is 5.96 Å². The monoisotopic (exact) mass is 251 g/mol. The van der Waals surface area contributed by atoms with E-state index in [1.54, 1.807) is 13.2 Å². The van der Waals surface area contributed by atoms with Crippen LogP contribution < -0.4 is 5.32 Å². The van der Waals surface area contributed by atoms with Crippen LogP contribution in [0.1, 0.15) is 12.1 Å². The molecule has 1 aliphatic rings. The SMILES string of the molecule is CN=C(NCc1ccn[nH]1)N(C)CC1CCOC1. The summed E-state index contributed by atoms with van der Waals surface area (Å²) in [4.78, 5) is 6.43. The molecule has 2 heterocycles. The van der Waals surface area contributed by atoms with Crippen molar-refractivity contribution in [1.82, 2.24) is 20.4 Å². The Morgan fingerprint density at radius 2 is 2.61 bits per heavy atom. The van der Waals surface area contributed by atoms with E-state index >= 15 is 0 Å². The topological polar surface area (TPSA) is 65.5 Å². The van der Waals surface area contributed by atoms with E-state index in [1.807, 2.05) is 6.07 Å². The lowest BCUT2D eigenvalue weighted by atomic mass is 10.1. The number of aromatic nitrogens is 2. The van der Waals surface area contributed by atoms with E-state index in [-0.39, 0.29) is 0 Å². The summed E-state index contributed by atoms with van der Waals surface area (Å²) in [5.41, 5.74) is 1.05. The maximum absolute atomic E-state index is 5.39. The lowest BCUT2D eigenvalue weighted by molar-refractivity contribution is 0.181. The molecule has 6 heteroatoms. The third kappa shape index (κ3) is 3.46. The second-order valence-corrected chi connectivity index (χ2v) is 4.59. The van der Waals surface area contributed by atoms with E-state index in [4.69, 9.17) is 4.74 Å². The predicted octanol–water partition coefficient (Wildman–Crippen LogP) is 0.453. The number of ether oxygens (including phenoxy) is 1. The standard InChI is InChI=1S/C12H21N5O/c1-13-12(14-7-11-3-5-15-16-11)17(2)8-10-4-6-18-9-10/h3,5,10H,4,6-9H2,1-2H3,(H,13,14)(H,15,16). The van der Waals surface area contributed by atoms with Gasteiger partial charge in [-0.2, -0.15) is 5.10 Å². The van der Waals surface area contributed by atoms with Crippen molar-refractivity contribution >= 4 is 5.96 Å². The molecule has 0 amide bonds. The average Bonchev–Trinajstić information content (AvgIpc) is 3.02. The van der Waals surface area contributed by atoms with Gasteiger partial charge in [-0.05, 0) is 12.5 Å². The molecule has 2 N–H and O–H groups in total. The molecular formula is C12H21N5O. The third-order valence-corrected chi connectivity index (χ3v) is 3.12. The van der Waals surface area contributed by atoms with Gasteiger partial charge in [0.2, 0.25) is 0 Å². The minimum atomic E-state index is 0.612. The first-order valence-corrected chi connectivity index (χ1v) is 6.27. The summed E-state index contributed by atoms with van der Waals surface area (Å²) in [6.07, 6.45) is 2.89. The molecule has 1 atom stereocenters. The van der Waals surface area contributed by atoms with Gasteiger partial charge in [0.25, 0.3) is 0 Å². The molecule has 0 bridgehead atoms. The van der Waals surface area contributed by atoms with Gasteiger partial charge in [-0.3, -0.25) is 10.1 Å². The molecule has 1 fully saturated rings. The number of H-pyrrole nitrogens is 1. The number of hydrogen-bond acceptors (Lipinski definition) is 3. The van der Waals surface area contributed by atoms with Crippen LogP contribution in [-0.2, 0) is 11.3 Å². The minimum absolute atomic E-state index is 0.612. The fourth-order valence-electron chi connectivity index (χ4n) is 2.14. The van der Waals surface area contributed by atoms with Crippen molar-refractivity contribution in [3.8, 4) is 0 Å². The highest BCUT2D eigenvalue weighted by Gasteiger charge is 2.18. The van der Waals surface area contributed by atoms with E-state index < -0.39 is 0 Å². The van der Waals surface area contributed by atoms with Crippen molar-refractivity contribution < 1.29 is 4.74 Å². The third-order valence-electron chi connectivity index (χ3n) is 3.12. The first-order chi connectivity index (χ1) is 8.79. The number of guanidine groups is 1. The minimum Gasteiger partial charge on any atom is -0.381 e. The van der Waals surface area contributed by atoms with E-state index in [1.165, 1.54) is 0 Å². The van der Waals surface area contributed by atoms with Crippen LogP contribution in [0.2, 0.25) is 0 Å². The van der Waals surface area contributed by atoms with E-state index in [0.29, 0.717) is 12.5 Å². The van der Waals surface area contributed by atoms with Gasteiger partial charge < -0.3 is 15.0 Å². The molecule has 2 rings (SSSR count). The lowest BCUT2D eigenvalue weighted by Crippen LogP contribution is -2.41. The Morgan fingerprint density at radius 1 is 1.72 bits per heavy atom. The summed E-state index contributed by atoms with van der Waals surface area (Å²) >= 11 is 0. The molecule has 0 saturated carbocycles. The predicted molar refractivity (Wildman–Crippen MR) is 70.3 cm³/mol. The smallest absolute Gasteiger partial charge is 0.193 e. The maximum Gasteiger partial charge on any atom is 0.193 e. The number of hydrogen-bond donors (Lipinski definition) is 2. The van der Waals surface area contributed by atoms with Crippen LogP contribution in [0.25, 0.3) is 0 Å². The number of nitrogens with zero attached hydrogens (tertiary/aromatic N) is 3. The van der Waals surface area contributed by atoms with Crippen molar-refractivity contribution in [3.05, 3.63) is 18.0 Å². The van der Waals surface area contributed by atoms with Crippen LogP contribution in [0.4, 0.5) is 0 Å². The number of rotatable bonds is 4. The second kappa shape index (κ2) is 6.39. The zero-order valence-corrected chi connectivity index (χ0v) is 11.0. The van der Waals surface area contributed by atoms with Gasteiger partial charge in [0, 0.05) is 39.4 Å². The Labute approximate surface area is 107 Å². The molecule has 0 aliphatic carbocycles. The quantitative estimate of drug-likeness (QED) is 0.602. The van der Waals surface area contributed by atoms with E-state index in [2.05, 4.69) is 32.5 Å². The highest BCUT2D eigenvalue weighted by molar-refractivity contribution is 5.79. The van der Waals surface area contributed by atoms with Crippen molar-refractivity contribution in [2.24, 2.45) is 10.9 Å². The molecule has 0 aromatic carbocycles. The second-order valence-electron chi connectivity index (χ2n) is 4.59. The zero-order valence-electron chi connectivity index (χ0n) is 11.0. The van der Waals surface area contributed by atoms with Crippen molar-refractivity contribution in [2.75, 3.05) is 33.9 Å². The molecule has 1 saturated heterocycles. The Hall–Kier alpha value is -1.56. The van der Waals surface area contributed by atoms with Gasteiger partial charge in [0.05, 0.1) is 18.8 Å². The summed E-state index contributed by atoms with van der Waals surface area (Å²) < 4.78 is 5.39. The van der Waals surface area contributed by atoms with Crippen LogP contribution in [0.3, 0.4) is 0 Å². The summed E-state index contributed by atoms with van der Waals surface area (Å²) in [7, 11) is 3.86. The van der Waals surface area contributed by atoms with Gasteiger partial charge in [0.1, 0.15) is 0 Å². The molecule has 0 radical (unpaired) electrons. The molecule has 6 nitrogen and oxygen atoms in total. The Kier molecular flexibility index (Phi) is 4.58. The number of aliphatic imine (C=N–C) groups is 1. The highest BCUT2D eigenvalue weighted by Crippen LogP contribution is 2.13. The van der Waals surface area contributed by atoms with Crippen molar-refractivity contribution in [3.63, 3.8) is 0 Å². The number of nitrogens with one attached hydrogen (secondary N) is 2. The summed E-state index contributed by atoms with van der Waals surface area (Å²) in [6.45, 7) is 3.43. The molecule has 1 aromatic heterocycles.